The zero-order valence-electron chi connectivity index (χ0n) is 26.7. The summed E-state index contributed by atoms with van der Waals surface area (Å²) in [7, 11) is 0. The molecule has 0 unspecified atom stereocenters. The Morgan fingerprint density at radius 1 is 0.827 bits per heavy atom. The van der Waals surface area contributed by atoms with E-state index in [-0.39, 0.29) is 29.3 Å². The average Bonchev–Trinajstić information content (AvgIpc) is 3.72. The van der Waals surface area contributed by atoms with Crippen molar-refractivity contribution in [2.24, 2.45) is 11.5 Å². The first-order valence-electron chi connectivity index (χ1n) is 16.3. The van der Waals surface area contributed by atoms with Gasteiger partial charge in [-0.25, -0.2) is 23.7 Å². The van der Waals surface area contributed by atoms with Gasteiger partial charge in [0.25, 0.3) is 11.8 Å². The number of aromatic nitrogens is 8. The molecule has 2 aromatic carbocycles. The van der Waals surface area contributed by atoms with Gasteiger partial charge in [0.2, 0.25) is 0 Å². The molecule has 2 aliphatic carbocycles. The van der Waals surface area contributed by atoms with E-state index in [9.17, 15) is 18.4 Å². The molecule has 0 spiro atoms. The van der Waals surface area contributed by atoms with Crippen molar-refractivity contribution < 1.29 is 18.4 Å². The molecule has 2 fully saturated rings. The van der Waals surface area contributed by atoms with Crippen LogP contribution in [-0.4, -0.2) is 51.1 Å². The van der Waals surface area contributed by atoms with Crippen LogP contribution in [0, 0.1) is 15.3 Å². The van der Waals surface area contributed by atoms with Crippen LogP contribution in [0.3, 0.4) is 0 Å². The van der Waals surface area contributed by atoms with Crippen LogP contribution in [0.15, 0.2) is 57.7 Å². The number of hydrogen-bond acceptors (Lipinski definition) is 7. The molecule has 4 aliphatic heterocycles. The predicted octanol–water partition coefficient (Wildman–Crippen LogP) is 7.42. The number of carbonyl (C=O) groups is 2. The van der Waals surface area contributed by atoms with Gasteiger partial charge in [-0.3, -0.25) is 19.7 Å². The number of carbonyl (C=O) groups excluding carboxylic acids is 2. The number of nitrogens with two attached hydrogens (primary N) is 2. The molecule has 12 rings (SSSR count). The minimum atomic E-state index is -0.659. The zero-order chi connectivity index (χ0) is 36.2. The topological polar surface area (TPSA) is 176 Å². The monoisotopic (exact) mass is 940 g/mol. The van der Waals surface area contributed by atoms with E-state index in [2.05, 4.69) is 89.2 Å². The van der Waals surface area contributed by atoms with E-state index in [1.54, 1.807) is 42.7 Å². The van der Waals surface area contributed by atoms with Crippen LogP contribution in [0.1, 0.15) is 81.7 Å². The van der Waals surface area contributed by atoms with Gasteiger partial charge in [0.15, 0.2) is 23.0 Å². The number of H-pyrrole nitrogens is 1. The molecule has 0 saturated heterocycles. The number of rotatable bonds is 4. The predicted molar refractivity (Wildman–Crippen MR) is 201 cm³/mol. The number of primary amides is 2. The van der Waals surface area contributed by atoms with E-state index in [1.807, 2.05) is 10.6 Å². The van der Waals surface area contributed by atoms with Crippen molar-refractivity contribution in [3.05, 3.63) is 95.6 Å². The fourth-order valence-electron chi connectivity index (χ4n) is 7.75. The smallest absolute Gasteiger partial charge is 0.270 e. The highest BCUT2D eigenvalue weighted by Gasteiger charge is 2.43. The molecule has 0 atom stereocenters. The molecule has 6 aromatic rings. The van der Waals surface area contributed by atoms with E-state index in [1.165, 1.54) is 0 Å². The summed E-state index contributed by atoms with van der Waals surface area (Å²) >= 11 is 8.63. The van der Waals surface area contributed by atoms with Crippen molar-refractivity contribution in [1.29, 1.82) is 0 Å². The van der Waals surface area contributed by atoms with Gasteiger partial charge in [-0.05, 0) is 139 Å². The van der Waals surface area contributed by atoms with Crippen LogP contribution in [-0.2, 0) is 0 Å². The fourth-order valence-corrected chi connectivity index (χ4v) is 9.45. The lowest BCUT2D eigenvalue weighted by Crippen LogP contribution is -2.24. The molecule has 17 heteroatoms. The second kappa shape index (κ2) is 12.4. The quantitative estimate of drug-likeness (QED) is 0.154. The lowest BCUT2D eigenvalue weighted by atomic mass is 9.75. The molecule has 5 N–H and O–H groups in total. The van der Waals surface area contributed by atoms with Crippen LogP contribution in [0.2, 0.25) is 0 Å². The Balaban J connectivity index is 0.000000149. The number of nitrogens with one attached hydrogen (secondary N) is 1. The van der Waals surface area contributed by atoms with Crippen LogP contribution < -0.4 is 11.5 Å². The Hall–Kier alpha value is -4.36. The molecular weight excluding hydrogens is 917 g/mol. The molecule has 8 heterocycles. The van der Waals surface area contributed by atoms with Crippen molar-refractivity contribution in [3.8, 4) is 45.7 Å². The van der Waals surface area contributed by atoms with Crippen molar-refractivity contribution >= 4 is 66.3 Å². The molecule has 4 aromatic heterocycles. The molecule has 4 bridgehead atoms. The second-order valence-corrected chi connectivity index (χ2v) is 16.0. The maximum Gasteiger partial charge on any atom is 0.270 e. The third-order valence-corrected chi connectivity index (χ3v) is 12.6. The van der Waals surface area contributed by atoms with Gasteiger partial charge in [-0.15, -0.1) is 0 Å². The van der Waals surface area contributed by atoms with Crippen molar-refractivity contribution in [2.75, 3.05) is 0 Å². The van der Waals surface area contributed by atoms with Gasteiger partial charge < -0.3 is 20.6 Å². The van der Waals surface area contributed by atoms with Gasteiger partial charge in [0, 0.05) is 41.2 Å². The van der Waals surface area contributed by atoms with E-state index in [0.717, 1.165) is 57.2 Å². The van der Waals surface area contributed by atoms with Crippen molar-refractivity contribution in [2.45, 2.75) is 49.6 Å². The average molecular weight is 942 g/mol. The van der Waals surface area contributed by atoms with Crippen molar-refractivity contribution in [3.63, 3.8) is 0 Å². The molecule has 2 amide bonds. The normalized spacial score (nSPS) is 20.0. The largest absolute Gasteiger partial charge is 0.364 e. The molecule has 0 radical (unpaired) electrons. The number of pyridine rings is 1. The van der Waals surface area contributed by atoms with Crippen LogP contribution in [0.25, 0.3) is 45.7 Å². The van der Waals surface area contributed by atoms with Gasteiger partial charge in [0.1, 0.15) is 32.7 Å². The molecule has 6 aliphatic rings. The molecule has 2 saturated carbocycles. The SMILES string of the molecule is NC(=O)c1nc2n(c1-c1nc(-c3cccnc3)n[nH]1)C1CC(C1)c1cc(F)c(Br)cc1-2.NC(=O)c1nc2n(c1I)C1CC(C1)c1cc(F)c(Br)cc1-2. The first-order valence-corrected chi connectivity index (χ1v) is 19.0. The number of hydrogen-bond donors (Lipinski definition) is 3. The molecule has 262 valence electrons. The maximum atomic E-state index is 14.3. The molecule has 12 nitrogen and oxygen atoms in total. The number of amides is 2. The third kappa shape index (κ3) is 5.17. The molecular formula is C35H25Br2F2IN10O2. The summed E-state index contributed by atoms with van der Waals surface area (Å²) in [4.78, 5) is 41.6. The number of aromatic amines is 1. The number of benzene rings is 2. The third-order valence-electron chi connectivity index (χ3n) is 10.4. The van der Waals surface area contributed by atoms with Crippen LogP contribution in [0.5, 0.6) is 0 Å². The highest BCUT2D eigenvalue weighted by Crippen LogP contribution is 2.55. The first-order chi connectivity index (χ1) is 25.0. The maximum absolute atomic E-state index is 14.3. The summed E-state index contributed by atoms with van der Waals surface area (Å²) in [6, 6.07) is 10.7. The van der Waals surface area contributed by atoms with Crippen LogP contribution >= 0.6 is 54.5 Å². The number of nitrogens with zero attached hydrogens (tertiary/aromatic N) is 7. The van der Waals surface area contributed by atoms with E-state index in [0.29, 0.717) is 55.6 Å². The fraction of sp³-hybridized carbons (Fsp3) is 0.229. The van der Waals surface area contributed by atoms with Gasteiger partial charge in [-0.1, -0.05) is 0 Å². The summed E-state index contributed by atoms with van der Waals surface area (Å²) < 4.78 is 33.7. The summed E-state index contributed by atoms with van der Waals surface area (Å²) in [5, 5.41) is 7.22. The summed E-state index contributed by atoms with van der Waals surface area (Å²) in [6.45, 7) is 0. The minimum Gasteiger partial charge on any atom is -0.364 e. The standard InChI is InChI=1S/C21H15BrFN7O.C14H10BrFIN3O/c22-14-6-13-12(7-15(14)23)10-4-11(5-10)30-17(16(18(24)31)26-21(13)30)20-27-19(28-29-20)9-2-1-3-25-8-9;15-9-3-8-7(4-10(9)16)5-1-6(2-5)20-12(17)11(13(18)21)19-14(8)20/h1-3,6-8,10-11H,4-5H2,(H2,24,31)(H,27,28,29);3-6H,1-2H2,(H2,18,21). The summed E-state index contributed by atoms with van der Waals surface area (Å²) in [5.74, 6) is 1.01. The number of halogens is 5. The lowest BCUT2D eigenvalue weighted by molar-refractivity contribution is 0.0987. The highest BCUT2D eigenvalue weighted by molar-refractivity contribution is 14.1. The van der Waals surface area contributed by atoms with Gasteiger partial charge in [-0.2, -0.15) is 5.10 Å². The Morgan fingerprint density at radius 3 is 1.94 bits per heavy atom. The summed E-state index contributed by atoms with van der Waals surface area (Å²) in [5.41, 5.74) is 16.3. The Morgan fingerprint density at radius 2 is 1.38 bits per heavy atom. The van der Waals surface area contributed by atoms with Crippen molar-refractivity contribution in [1.82, 2.24) is 39.3 Å². The van der Waals surface area contributed by atoms with Gasteiger partial charge >= 0.3 is 0 Å². The number of imidazole rings is 2. The van der Waals surface area contributed by atoms with Gasteiger partial charge in [0.05, 0.1) is 8.95 Å². The summed E-state index contributed by atoms with van der Waals surface area (Å²) in [6.07, 6.45) is 6.89. The zero-order valence-corrected chi connectivity index (χ0v) is 32.1. The molecule has 52 heavy (non-hydrogen) atoms. The Bertz CT molecular complexity index is 2490. The van der Waals surface area contributed by atoms with Crippen LogP contribution in [0.4, 0.5) is 8.78 Å². The van der Waals surface area contributed by atoms with E-state index in [4.69, 9.17) is 11.5 Å². The lowest BCUT2D eigenvalue weighted by Gasteiger charge is -2.35. The minimum absolute atomic E-state index is 0.108. The highest BCUT2D eigenvalue weighted by atomic mass is 127. The van der Waals surface area contributed by atoms with E-state index >= 15 is 0 Å². The van der Waals surface area contributed by atoms with E-state index < -0.39 is 11.8 Å². The first kappa shape index (κ1) is 33.5. The Labute approximate surface area is 324 Å². The Kier molecular flexibility index (Phi) is 7.96. The second-order valence-electron chi connectivity index (χ2n) is 13.3.